The Morgan fingerprint density at radius 2 is 2.22 bits per heavy atom. The van der Waals surface area contributed by atoms with Gasteiger partial charge in [-0.2, -0.15) is 0 Å². The highest BCUT2D eigenvalue weighted by atomic mass is 16.3. The van der Waals surface area contributed by atoms with Crippen LogP contribution in [0.15, 0.2) is 24.3 Å². The second-order valence-electron chi connectivity index (χ2n) is 6.74. The predicted molar refractivity (Wildman–Crippen MR) is 98.8 cm³/mol. The van der Waals surface area contributed by atoms with E-state index in [0.29, 0.717) is 30.9 Å². The highest BCUT2D eigenvalue weighted by Crippen LogP contribution is 2.31. The van der Waals surface area contributed by atoms with Crippen molar-refractivity contribution < 1.29 is 14.7 Å². The van der Waals surface area contributed by atoms with Gasteiger partial charge in [-0.25, -0.2) is 4.98 Å². The second-order valence-corrected chi connectivity index (χ2v) is 6.74. The van der Waals surface area contributed by atoms with E-state index < -0.39 is 11.5 Å². The number of likely N-dealkylation sites (N-methyl/N-ethyl adjacent to an activating group) is 1. The monoisotopic (exact) mass is 365 g/mol. The summed E-state index contributed by atoms with van der Waals surface area (Å²) in [6.07, 6.45) is 0.287. The number of hydrogen-bond acceptors (Lipinski definition) is 5. The van der Waals surface area contributed by atoms with Crippen LogP contribution in [0.25, 0.3) is 11.3 Å². The molecule has 8 nitrogen and oxygen atoms in total. The predicted octanol–water partition coefficient (Wildman–Crippen LogP) is 0.0192. The molecule has 27 heavy (non-hydrogen) atoms. The number of nitrogens with zero attached hydrogens (tertiary/aromatic N) is 3. The summed E-state index contributed by atoms with van der Waals surface area (Å²) in [6, 6.07) is 7.29. The van der Waals surface area contributed by atoms with Crippen LogP contribution in [-0.2, 0) is 11.3 Å². The second kappa shape index (κ2) is 6.14. The summed E-state index contributed by atoms with van der Waals surface area (Å²) in [5, 5.41) is 13.6. The molecule has 2 aliphatic rings. The topological polar surface area (TPSA) is 113 Å². The number of carbonyl (C=O) groups is 2. The molecule has 3 heterocycles. The number of aliphatic hydroxyl groups is 1. The summed E-state index contributed by atoms with van der Waals surface area (Å²) in [5.41, 5.74) is 5.83. The molecule has 1 atom stereocenters. The third-order valence-corrected chi connectivity index (χ3v) is 4.87. The first-order chi connectivity index (χ1) is 12.9. The van der Waals surface area contributed by atoms with Crippen molar-refractivity contribution in [2.75, 3.05) is 25.5 Å². The summed E-state index contributed by atoms with van der Waals surface area (Å²) in [4.78, 5) is 29.5. The lowest BCUT2D eigenvalue weighted by molar-refractivity contribution is -0.137. The highest BCUT2D eigenvalue weighted by molar-refractivity contribution is 5.93. The third kappa shape index (κ3) is 2.82. The minimum atomic E-state index is -1.64. The Bertz CT molecular complexity index is 1020. The number of nitrogens with two attached hydrogens (primary N) is 1. The maximum atomic E-state index is 12.0. The summed E-state index contributed by atoms with van der Waals surface area (Å²) in [7, 11) is 1.64. The molecule has 4 N–H and O–H groups in total. The number of aromatic nitrogens is 2. The van der Waals surface area contributed by atoms with Crippen LogP contribution in [0.5, 0.6) is 0 Å². The average Bonchev–Trinajstić information content (AvgIpc) is 3.32. The maximum absolute atomic E-state index is 12.0. The third-order valence-electron chi connectivity index (χ3n) is 4.87. The SMILES string of the molecule is CN1CCC(O)(C#Cc2cccc(-c3nc(C(N)=O)n4c3NCC4)c2)C1=O. The number of hydrogen-bond donors (Lipinski definition) is 3. The molecule has 2 amide bonds. The minimum Gasteiger partial charge on any atom is -0.369 e. The fourth-order valence-corrected chi connectivity index (χ4v) is 3.41. The number of fused-ring (bicyclic) bond motifs is 1. The Labute approximate surface area is 156 Å². The Kier molecular flexibility index (Phi) is 3.89. The Morgan fingerprint density at radius 1 is 1.41 bits per heavy atom. The van der Waals surface area contributed by atoms with Gasteiger partial charge in [0.05, 0.1) is 0 Å². The number of rotatable bonds is 2. The molecule has 1 saturated heterocycles. The molecule has 0 radical (unpaired) electrons. The van der Waals surface area contributed by atoms with Gasteiger partial charge in [0.1, 0.15) is 11.5 Å². The lowest BCUT2D eigenvalue weighted by atomic mass is 10.0. The van der Waals surface area contributed by atoms with Crippen LogP contribution in [-0.4, -0.2) is 57.1 Å². The van der Waals surface area contributed by atoms with Gasteiger partial charge in [-0.3, -0.25) is 9.59 Å². The zero-order valence-corrected chi connectivity index (χ0v) is 14.8. The smallest absolute Gasteiger partial charge is 0.284 e. The fraction of sp³-hybridized carbons (Fsp3) is 0.316. The minimum absolute atomic E-state index is 0.218. The number of benzene rings is 1. The molecule has 1 unspecified atom stereocenters. The van der Waals surface area contributed by atoms with Crippen LogP contribution in [0.1, 0.15) is 22.6 Å². The largest absolute Gasteiger partial charge is 0.369 e. The van der Waals surface area contributed by atoms with E-state index in [9.17, 15) is 14.7 Å². The van der Waals surface area contributed by atoms with Crippen LogP contribution in [0.2, 0.25) is 0 Å². The van der Waals surface area contributed by atoms with Crippen LogP contribution >= 0.6 is 0 Å². The summed E-state index contributed by atoms with van der Waals surface area (Å²) in [5.74, 6) is 5.61. The van der Waals surface area contributed by atoms with Gasteiger partial charge in [0.25, 0.3) is 11.8 Å². The molecule has 8 heteroatoms. The molecular formula is C19H19N5O3. The number of primary amides is 1. The molecular weight excluding hydrogens is 346 g/mol. The van der Waals surface area contributed by atoms with E-state index in [2.05, 4.69) is 22.1 Å². The van der Waals surface area contributed by atoms with E-state index in [1.165, 1.54) is 4.90 Å². The molecule has 0 saturated carbocycles. The number of imidazole rings is 1. The molecule has 0 bridgehead atoms. The average molecular weight is 365 g/mol. The van der Waals surface area contributed by atoms with Crippen molar-refractivity contribution in [1.29, 1.82) is 0 Å². The van der Waals surface area contributed by atoms with Crippen molar-refractivity contribution in [1.82, 2.24) is 14.5 Å². The first-order valence-electron chi connectivity index (χ1n) is 8.65. The Hall–Kier alpha value is -3.31. The number of carbonyl (C=O) groups excluding carboxylic acids is 2. The van der Waals surface area contributed by atoms with Gasteiger partial charge in [-0.1, -0.05) is 24.0 Å². The molecule has 2 aromatic rings. The molecule has 1 aromatic heterocycles. The van der Waals surface area contributed by atoms with Crippen molar-refractivity contribution in [2.24, 2.45) is 5.73 Å². The molecule has 2 aliphatic heterocycles. The zero-order valence-electron chi connectivity index (χ0n) is 14.8. The van der Waals surface area contributed by atoms with Gasteiger partial charge in [0.15, 0.2) is 0 Å². The molecule has 138 valence electrons. The molecule has 0 aliphatic carbocycles. The van der Waals surface area contributed by atoms with E-state index in [0.717, 1.165) is 11.4 Å². The van der Waals surface area contributed by atoms with Gasteiger partial charge in [0, 0.05) is 44.2 Å². The van der Waals surface area contributed by atoms with Crippen molar-refractivity contribution in [3.63, 3.8) is 0 Å². The zero-order chi connectivity index (χ0) is 19.2. The molecule has 1 fully saturated rings. The number of anilines is 1. The normalized spacial score (nSPS) is 20.8. The summed E-state index contributed by atoms with van der Waals surface area (Å²) >= 11 is 0. The fourth-order valence-electron chi connectivity index (χ4n) is 3.41. The van der Waals surface area contributed by atoms with E-state index in [1.54, 1.807) is 17.7 Å². The van der Waals surface area contributed by atoms with E-state index in [-0.39, 0.29) is 18.2 Å². The first kappa shape index (κ1) is 17.1. The van der Waals surface area contributed by atoms with E-state index in [1.807, 2.05) is 18.2 Å². The lowest BCUT2D eigenvalue weighted by Gasteiger charge is -2.13. The van der Waals surface area contributed by atoms with Crippen molar-refractivity contribution in [2.45, 2.75) is 18.6 Å². The molecule has 4 rings (SSSR count). The van der Waals surface area contributed by atoms with Crippen molar-refractivity contribution in [3.05, 3.63) is 35.7 Å². The van der Waals surface area contributed by atoms with Gasteiger partial charge in [-0.05, 0) is 12.1 Å². The molecule has 0 spiro atoms. The van der Waals surface area contributed by atoms with Gasteiger partial charge >= 0.3 is 0 Å². The Morgan fingerprint density at radius 3 is 2.93 bits per heavy atom. The maximum Gasteiger partial charge on any atom is 0.284 e. The highest BCUT2D eigenvalue weighted by Gasteiger charge is 2.42. The number of amides is 2. The van der Waals surface area contributed by atoms with E-state index >= 15 is 0 Å². The van der Waals surface area contributed by atoms with Gasteiger partial charge < -0.3 is 25.6 Å². The van der Waals surface area contributed by atoms with Crippen LogP contribution in [0.3, 0.4) is 0 Å². The van der Waals surface area contributed by atoms with Crippen LogP contribution < -0.4 is 11.1 Å². The number of nitrogens with one attached hydrogen (secondary N) is 1. The summed E-state index contributed by atoms with van der Waals surface area (Å²) in [6.45, 7) is 1.81. The van der Waals surface area contributed by atoms with Crippen molar-refractivity contribution in [3.8, 4) is 23.1 Å². The van der Waals surface area contributed by atoms with E-state index in [4.69, 9.17) is 5.73 Å². The lowest BCUT2D eigenvalue weighted by Crippen LogP contribution is -2.37. The van der Waals surface area contributed by atoms with Gasteiger partial charge in [-0.15, -0.1) is 0 Å². The number of likely N-dealkylation sites (tertiary alicyclic amines) is 1. The Balaban J connectivity index is 1.70. The standard InChI is InChI=1S/C19H19N5O3/c1-23-9-7-19(27,18(23)26)6-5-12-3-2-4-13(11-12)14-16-21-8-10-24(16)17(22-14)15(20)25/h2-4,11,21,27H,7-10H2,1H3,(H2,20,25). The molecule has 1 aromatic carbocycles. The summed E-state index contributed by atoms with van der Waals surface area (Å²) < 4.78 is 1.77. The first-order valence-corrected chi connectivity index (χ1v) is 8.65. The van der Waals surface area contributed by atoms with Crippen LogP contribution in [0.4, 0.5) is 5.82 Å². The van der Waals surface area contributed by atoms with Crippen molar-refractivity contribution >= 4 is 17.6 Å². The van der Waals surface area contributed by atoms with Gasteiger partial charge in [0.2, 0.25) is 11.4 Å². The van der Waals surface area contributed by atoms with Crippen LogP contribution in [0, 0.1) is 11.8 Å². The quantitative estimate of drug-likeness (QED) is 0.649.